The number of nitrogens with one attached hydrogen (secondary N) is 2. The van der Waals surface area contributed by atoms with Crippen molar-refractivity contribution in [3.8, 4) is 11.5 Å². The number of rotatable bonds is 7. The lowest BCUT2D eigenvalue weighted by Crippen LogP contribution is -2.38. The fourth-order valence-electron chi connectivity index (χ4n) is 2.59. The Bertz CT molecular complexity index is 826. The van der Waals surface area contributed by atoms with Gasteiger partial charge in [-0.15, -0.1) is 0 Å². The summed E-state index contributed by atoms with van der Waals surface area (Å²) in [5.41, 5.74) is 1.57. The predicted octanol–water partition coefficient (Wildman–Crippen LogP) is 2.26. The molecule has 0 bridgehead atoms. The van der Waals surface area contributed by atoms with Gasteiger partial charge in [0.2, 0.25) is 18.6 Å². The SMILES string of the molecule is CN(CC(=O)NCc1ccc2c(c1)OCO2)CC(=O)Nc1ccc(Cl)cc1. The molecule has 0 radical (unpaired) electrons. The summed E-state index contributed by atoms with van der Waals surface area (Å²) in [5.74, 6) is 1.01. The van der Waals surface area contributed by atoms with Gasteiger partial charge in [-0.25, -0.2) is 0 Å². The first-order valence-corrected chi connectivity index (χ1v) is 8.76. The first-order valence-electron chi connectivity index (χ1n) is 8.39. The highest BCUT2D eigenvalue weighted by molar-refractivity contribution is 6.30. The lowest BCUT2D eigenvalue weighted by atomic mass is 10.2. The average Bonchev–Trinajstić information content (AvgIpc) is 3.09. The molecule has 27 heavy (non-hydrogen) atoms. The number of hydrogen-bond acceptors (Lipinski definition) is 5. The molecule has 1 aliphatic rings. The van der Waals surface area contributed by atoms with Gasteiger partial charge in [0.25, 0.3) is 0 Å². The molecule has 2 N–H and O–H groups in total. The molecule has 8 heteroatoms. The molecule has 0 saturated heterocycles. The van der Waals surface area contributed by atoms with E-state index in [4.69, 9.17) is 21.1 Å². The summed E-state index contributed by atoms with van der Waals surface area (Å²) >= 11 is 5.81. The quantitative estimate of drug-likeness (QED) is 0.759. The van der Waals surface area contributed by atoms with E-state index in [-0.39, 0.29) is 31.7 Å². The molecule has 3 rings (SSSR count). The Hall–Kier alpha value is -2.77. The van der Waals surface area contributed by atoms with E-state index in [1.165, 1.54) is 0 Å². The van der Waals surface area contributed by atoms with Gasteiger partial charge >= 0.3 is 0 Å². The molecular formula is C19H20ClN3O4. The molecule has 0 aliphatic carbocycles. The van der Waals surface area contributed by atoms with Crippen molar-refractivity contribution in [2.45, 2.75) is 6.54 Å². The maximum absolute atomic E-state index is 12.1. The minimum Gasteiger partial charge on any atom is -0.454 e. The van der Waals surface area contributed by atoms with Crippen LogP contribution in [0.4, 0.5) is 5.69 Å². The van der Waals surface area contributed by atoms with E-state index in [1.807, 2.05) is 18.2 Å². The van der Waals surface area contributed by atoms with Crippen LogP contribution in [-0.2, 0) is 16.1 Å². The fourth-order valence-corrected chi connectivity index (χ4v) is 2.71. The number of halogens is 1. The highest BCUT2D eigenvalue weighted by Gasteiger charge is 2.14. The average molecular weight is 390 g/mol. The van der Waals surface area contributed by atoms with Crippen LogP contribution >= 0.6 is 11.6 Å². The van der Waals surface area contributed by atoms with Crippen molar-refractivity contribution < 1.29 is 19.1 Å². The lowest BCUT2D eigenvalue weighted by Gasteiger charge is -2.16. The molecule has 1 aliphatic heterocycles. The van der Waals surface area contributed by atoms with Crippen LogP contribution in [0, 0.1) is 0 Å². The largest absolute Gasteiger partial charge is 0.454 e. The Morgan fingerprint density at radius 2 is 1.74 bits per heavy atom. The third-order valence-electron chi connectivity index (χ3n) is 3.88. The number of carbonyl (C=O) groups excluding carboxylic acids is 2. The Labute approximate surface area is 162 Å². The second kappa shape index (κ2) is 8.75. The van der Waals surface area contributed by atoms with Crippen molar-refractivity contribution in [3.05, 3.63) is 53.1 Å². The normalized spacial score (nSPS) is 12.1. The summed E-state index contributed by atoms with van der Waals surface area (Å²) in [6, 6.07) is 12.4. The Balaban J connectivity index is 1.40. The fraction of sp³-hybridized carbons (Fsp3) is 0.263. The first-order chi connectivity index (χ1) is 13.0. The molecule has 2 aromatic carbocycles. The van der Waals surface area contributed by atoms with Crippen LogP contribution in [0.15, 0.2) is 42.5 Å². The van der Waals surface area contributed by atoms with Gasteiger partial charge in [0.05, 0.1) is 13.1 Å². The summed E-state index contributed by atoms with van der Waals surface area (Å²) in [6.45, 7) is 0.799. The molecule has 1 heterocycles. The van der Waals surface area contributed by atoms with Crippen LogP contribution in [-0.4, -0.2) is 43.6 Å². The summed E-state index contributed by atoms with van der Waals surface area (Å²) in [7, 11) is 1.71. The first kappa shape index (κ1) is 19.0. The number of amides is 2. The van der Waals surface area contributed by atoms with Gasteiger partial charge in [-0.1, -0.05) is 17.7 Å². The van der Waals surface area contributed by atoms with Gasteiger partial charge in [0.1, 0.15) is 0 Å². The van der Waals surface area contributed by atoms with Crippen molar-refractivity contribution in [1.82, 2.24) is 10.2 Å². The number of likely N-dealkylation sites (N-methyl/N-ethyl adjacent to an activating group) is 1. The van der Waals surface area contributed by atoms with Crippen molar-refractivity contribution in [2.75, 3.05) is 32.2 Å². The van der Waals surface area contributed by atoms with Crippen molar-refractivity contribution in [2.24, 2.45) is 0 Å². The van der Waals surface area contributed by atoms with E-state index in [2.05, 4.69) is 10.6 Å². The summed E-state index contributed by atoms with van der Waals surface area (Å²) in [6.07, 6.45) is 0. The zero-order valence-corrected chi connectivity index (χ0v) is 15.6. The molecule has 0 fully saturated rings. The third-order valence-corrected chi connectivity index (χ3v) is 4.13. The van der Waals surface area contributed by atoms with Crippen LogP contribution in [0.3, 0.4) is 0 Å². The number of ether oxygens (including phenoxy) is 2. The van der Waals surface area contributed by atoms with Crippen molar-refractivity contribution in [3.63, 3.8) is 0 Å². The molecule has 2 aromatic rings. The van der Waals surface area contributed by atoms with Gasteiger partial charge in [0.15, 0.2) is 11.5 Å². The van der Waals surface area contributed by atoms with E-state index in [1.54, 1.807) is 36.2 Å². The number of nitrogens with zero attached hydrogens (tertiary/aromatic N) is 1. The van der Waals surface area contributed by atoms with Gasteiger partial charge in [0, 0.05) is 17.3 Å². The minimum atomic E-state index is -0.205. The van der Waals surface area contributed by atoms with Gasteiger partial charge in [-0.3, -0.25) is 14.5 Å². The molecule has 0 saturated carbocycles. The highest BCUT2D eigenvalue weighted by atomic mass is 35.5. The van der Waals surface area contributed by atoms with E-state index in [9.17, 15) is 9.59 Å². The second-order valence-corrected chi connectivity index (χ2v) is 6.63. The zero-order valence-electron chi connectivity index (χ0n) is 14.8. The van der Waals surface area contributed by atoms with E-state index >= 15 is 0 Å². The molecular weight excluding hydrogens is 370 g/mol. The highest BCUT2D eigenvalue weighted by Crippen LogP contribution is 2.32. The van der Waals surface area contributed by atoms with Crippen LogP contribution < -0.4 is 20.1 Å². The standard InChI is InChI=1S/C19H20ClN3O4/c1-23(11-19(25)22-15-5-3-14(20)4-6-15)10-18(24)21-9-13-2-7-16-17(8-13)27-12-26-16/h2-8H,9-12H2,1H3,(H,21,24)(H,22,25). The van der Waals surface area contributed by atoms with Crippen LogP contribution in [0.2, 0.25) is 5.02 Å². The third kappa shape index (κ3) is 5.60. The van der Waals surface area contributed by atoms with Gasteiger partial charge in [-0.05, 0) is 49.0 Å². The maximum Gasteiger partial charge on any atom is 0.238 e. The molecule has 2 amide bonds. The van der Waals surface area contributed by atoms with E-state index in [0.29, 0.717) is 28.8 Å². The predicted molar refractivity (Wildman–Crippen MR) is 102 cm³/mol. The Morgan fingerprint density at radius 1 is 1.04 bits per heavy atom. The summed E-state index contributed by atoms with van der Waals surface area (Å²) in [5, 5.41) is 6.19. The number of hydrogen-bond donors (Lipinski definition) is 2. The topological polar surface area (TPSA) is 79.9 Å². The minimum absolute atomic E-state index is 0.0973. The smallest absolute Gasteiger partial charge is 0.238 e. The summed E-state index contributed by atoms with van der Waals surface area (Å²) in [4.78, 5) is 25.8. The number of anilines is 1. The van der Waals surface area contributed by atoms with Crippen molar-refractivity contribution in [1.29, 1.82) is 0 Å². The summed E-state index contributed by atoms with van der Waals surface area (Å²) < 4.78 is 10.6. The maximum atomic E-state index is 12.1. The van der Waals surface area contributed by atoms with Crippen LogP contribution in [0.1, 0.15) is 5.56 Å². The van der Waals surface area contributed by atoms with Crippen molar-refractivity contribution >= 4 is 29.1 Å². The zero-order chi connectivity index (χ0) is 19.2. The second-order valence-electron chi connectivity index (χ2n) is 6.19. The number of carbonyl (C=O) groups is 2. The molecule has 0 spiro atoms. The lowest BCUT2D eigenvalue weighted by molar-refractivity contribution is -0.123. The number of benzene rings is 2. The van der Waals surface area contributed by atoms with E-state index in [0.717, 1.165) is 5.56 Å². The van der Waals surface area contributed by atoms with Gasteiger partial charge in [-0.2, -0.15) is 0 Å². The molecule has 7 nitrogen and oxygen atoms in total. The van der Waals surface area contributed by atoms with Crippen LogP contribution in [0.5, 0.6) is 11.5 Å². The molecule has 0 atom stereocenters. The van der Waals surface area contributed by atoms with Crippen LogP contribution in [0.25, 0.3) is 0 Å². The van der Waals surface area contributed by atoms with E-state index < -0.39 is 0 Å². The molecule has 0 unspecified atom stereocenters. The monoisotopic (exact) mass is 389 g/mol. The molecule has 0 aromatic heterocycles. The number of fused-ring (bicyclic) bond motifs is 1. The molecule has 142 valence electrons. The Kier molecular flexibility index (Phi) is 6.16. The van der Waals surface area contributed by atoms with Gasteiger partial charge < -0.3 is 20.1 Å². The Morgan fingerprint density at radius 3 is 2.52 bits per heavy atom.